The molecule has 0 aliphatic carbocycles. The molecule has 3 aliphatic heterocycles. The second kappa shape index (κ2) is 6.86. The van der Waals surface area contributed by atoms with E-state index in [0.29, 0.717) is 17.9 Å². The lowest BCUT2D eigenvalue weighted by Gasteiger charge is -2.46. The summed E-state index contributed by atoms with van der Waals surface area (Å²) < 4.78 is 0. The number of carboxylic acid groups (broad SMARTS) is 1. The monoisotopic (exact) mass is 383 g/mol. The molecule has 2 amide bonds. The van der Waals surface area contributed by atoms with Gasteiger partial charge in [0.2, 0.25) is 11.8 Å². The fourth-order valence-corrected chi connectivity index (χ4v) is 5.63. The predicted octanol–water partition coefficient (Wildman–Crippen LogP) is -0.308. The summed E-state index contributed by atoms with van der Waals surface area (Å²) in [6.07, 6.45) is -0.190. The first-order valence-electron chi connectivity index (χ1n) is 8.75. The number of amides is 2. The fraction of sp³-hybridized carbons (Fsp3) is 0.706. The summed E-state index contributed by atoms with van der Waals surface area (Å²) in [6, 6.07) is -0.568. The van der Waals surface area contributed by atoms with Crippen LogP contribution >= 0.6 is 11.8 Å². The van der Waals surface area contributed by atoms with Crippen LogP contribution in [-0.2, 0) is 14.4 Å². The third kappa shape index (κ3) is 2.91. The molecule has 0 radical (unpaired) electrons. The number of nitrogens with one attached hydrogen (secondary N) is 1. The van der Waals surface area contributed by atoms with Crippen LogP contribution in [0.25, 0.3) is 0 Å². The summed E-state index contributed by atoms with van der Waals surface area (Å²) in [6.45, 7) is 4.08. The second-order valence-corrected chi connectivity index (χ2v) is 8.78. The molecular formula is C17H25N3O5S. The Morgan fingerprint density at radius 3 is 2.58 bits per heavy atom. The molecule has 2 saturated heterocycles. The standard InChI is InChI=1S/C17H25N3O5S/c1-7-12-11(8(2)21)16(23)20(12)13(17(24)25)14(7)26-9-5-10(18-6-9)15(22)19(3)4/h7-12,18,21H,5-6H2,1-4H3,(H,24,25)/t7-,8+,9+,10+,11+,12-/m1/s1. The number of likely N-dealkylation sites (N-methyl/N-ethyl adjacent to an activating group) is 1. The lowest BCUT2D eigenvalue weighted by molar-refractivity contribution is -0.163. The van der Waals surface area contributed by atoms with Gasteiger partial charge in [0.25, 0.3) is 0 Å². The summed E-state index contributed by atoms with van der Waals surface area (Å²) in [5.41, 5.74) is 0.0387. The zero-order valence-electron chi connectivity index (χ0n) is 15.3. The molecule has 8 nitrogen and oxygen atoms in total. The van der Waals surface area contributed by atoms with Gasteiger partial charge in [-0.25, -0.2) is 4.79 Å². The number of aliphatic carboxylic acids is 1. The topological polar surface area (TPSA) is 110 Å². The van der Waals surface area contributed by atoms with E-state index in [9.17, 15) is 24.6 Å². The predicted molar refractivity (Wildman–Crippen MR) is 96.1 cm³/mol. The molecule has 9 heteroatoms. The quantitative estimate of drug-likeness (QED) is 0.559. The molecule has 0 aromatic carbocycles. The van der Waals surface area contributed by atoms with Crippen LogP contribution in [0.1, 0.15) is 20.3 Å². The number of fused-ring (bicyclic) bond motifs is 1. The number of carbonyl (C=O) groups is 3. The van der Waals surface area contributed by atoms with Gasteiger partial charge in [-0.05, 0) is 13.3 Å². The molecule has 3 N–H and O–H groups in total. The van der Waals surface area contributed by atoms with E-state index >= 15 is 0 Å². The minimum absolute atomic E-state index is 0.00757. The second-order valence-electron chi connectivity index (χ2n) is 7.44. The number of aliphatic hydroxyl groups excluding tert-OH is 1. The molecule has 0 spiro atoms. The van der Waals surface area contributed by atoms with Crippen molar-refractivity contribution in [3.8, 4) is 0 Å². The molecule has 0 unspecified atom stereocenters. The van der Waals surface area contributed by atoms with E-state index in [0.717, 1.165) is 0 Å². The molecule has 26 heavy (non-hydrogen) atoms. The lowest BCUT2D eigenvalue weighted by Crippen LogP contribution is -2.63. The third-order valence-corrected chi connectivity index (χ3v) is 6.95. The number of rotatable bonds is 5. The minimum Gasteiger partial charge on any atom is -0.477 e. The van der Waals surface area contributed by atoms with Crippen molar-refractivity contribution in [1.82, 2.24) is 15.1 Å². The van der Waals surface area contributed by atoms with Crippen LogP contribution in [0.3, 0.4) is 0 Å². The molecule has 3 rings (SSSR count). The van der Waals surface area contributed by atoms with Crippen molar-refractivity contribution in [3.63, 3.8) is 0 Å². The minimum atomic E-state index is -1.12. The number of carboxylic acids is 1. The Hall–Kier alpha value is -1.58. The van der Waals surface area contributed by atoms with Crippen molar-refractivity contribution in [2.75, 3.05) is 20.6 Å². The molecule has 0 bridgehead atoms. The number of aliphatic hydroxyl groups is 1. The molecule has 2 fully saturated rings. The van der Waals surface area contributed by atoms with Crippen molar-refractivity contribution in [3.05, 3.63) is 10.6 Å². The van der Waals surface area contributed by atoms with Crippen LogP contribution in [0.4, 0.5) is 0 Å². The van der Waals surface area contributed by atoms with E-state index in [1.165, 1.54) is 16.7 Å². The third-order valence-electron chi connectivity index (χ3n) is 5.43. The van der Waals surface area contributed by atoms with Crippen molar-refractivity contribution >= 4 is 29.5 Å². The van der Waals surface area contributed by atoms with E-state index in [1.807, 2.05) is 6.92 Å². The zero-order valence-corrected chi connectivity index (χ0v) is 16.1. The van der Waals surface area contributed by atoms with Crippen LogP contribution in [0.5, 0.6) is 0 Å². The summed E-state index contributed by atoms with van der Waals surface area (Å²) >= 11 is 1.45. The number of nitrogens with zero attached hydrogens (tertiary/aromatic N) is 2. The van der Waals surface area contributed by atoms with Crippen LogP contribution < -0.4 is 5.32 Å². The largest absolute Gasteiger partial charge is 0.477 e. The lowest BCUT2D eigenvalue weighted by atomic mass is 9.79. The van der Waals surface area contributed by atoms with Crippen LogP contribution in [-0.4, -0.2) is 81.9 Å². The normalized spacial score (nSPS) is 34.6. The Bertz CT molecular complexity index is 677. The van der Waals surface area contributed by atoms with Gasteiger partial charge >= 0.3 is 5.97 Å². The highest BCUT2D eigenvalue weighted by atomic mass is 32.2. The number of carbonyl (C=O) groups excluding carboxylic acids is 2. The van der Waals surface area contributed by atoms with Crippen molar-refractivity contribution in [2.45, 2.75) is 43.7 Å². The molecule has 144 valence electrons. The highest BCUT2D eigenvalue weighted by Gasteiger charge is 2.60. The Morgan fingerprint density at radius 2 is 2.04 bits per heavy atom. The average Bonchev–Trinajstić information content (AvgIpc) is 3.09. The van der Waals surface area contributed by atoms with Crippen molar-refractivity contribution in [2.24, 2.45) is 11.8 Å². The summed E-state index contributed by atoms with van der Waals surface area (Å²) in [4.78, 5) is 39.8. The SMILES string of the molecule is C[C@H](O)[C@@H]1C(=O)N2C(C(=O)O)=C(S[C@@H]3CN[C@H](C(=O)N(C)C)C3)[C@H](C)[C@H]12. The van der Waals surface area contributed by atoms with E-state index < -0.39 is 18.0 Å². The molecule has 0 aromatic rings. The van der Waals surface area contributed by atoms with Gasteiger partial charge < -0.3 is 25.3 Å². The van der Waals surface area contributed by atoms with Gasteiger partial charge in [-0.3, -0.25) is 9.59 Å². The highest BCUT2D eigenvalue weighted by Crippen LogP contribution is 2.51. The maximum absolute atomic E-state index is 12.3. The van der Waals surface area contributed by atoms with Gasteiger partial charge in [0.1, 0.15) is 5.70 Å². The Labute approximate surface area is 156 Å². The zero-order chi connectivity index (χ0) is 19.3. The summed E-state index contributed by atoms with van der Waals surface area (Å²) in [5, 5.41) is 22.8. The first-order chi connectivity index (χ1) is 12.1. The van der Waals surface area contributed by atoms with Crippen molar-refractivity contribution in [1.29, 1.82) is 0 Å². The number of β-lactam (4-membered cyclic amide) rings is 1. The first kappa shape index (κ1) is 19.2. The summed E-state index contributed by atoms with van der Waals surface area (Å²) in [7, 11) is 3.42. The van der Waals surface area contributed by atoms with Crippen LogP contribution in [0.15, 0.2) is 10.6 Å². The Kier molecular flexibility index (Phi) is 5.06. The maximum Gasteiger partial charge on any atom is 0.353 e. The highest BCUT2D eigenvalue weighted by molar-refractivity contribution is 8.03. The number of thioether (sulfide) groups is 1. The molecule has 3 aliphatic rings. The van der Waals surface area contributed by atoms with E-state index in [1.54, 1.807) is 25.9 Å². The van der Waals surface area contributed by atoms with E-state index in [-0.39, 0.29) is 40.8 Å². The molecule has 0 aromatic heterocycles. The van der Waals surface area contributed by atoms with Gasteiger partial charge in [-0.2, -0.15) is 0 Å². The Morgan fingerprint density at radius 1 is 1.38 bits per heavy atom. The van der Waals surface area contributed by atoms with Crippen LogP contribution in [0.2, 0.25) is 0 Å². The number of hydrogen-bond acceptors (Lipinski definition) is 6. The maximum atomic E-state index is 12.3. The van der Waals surface area contributed by atoms with Gasteiger partial charge in [-0.15, -0.1) is 11.8 Å². The van der Waals surface area contributed by atoms with E-state index in [4.69, 9.17) is 0 Å². The molecule has 3 heterocycles. The average molecular weight is 383 g/mol. The Balaban J connectivity index is 1.78. The smallest absolute Gasteiger partial charge is 0.353 e. The van der Waals surface area contributed by atoms with Gasteiger partial charge in [0.05, 0.1) is 24.1 Å². The van der Waals surface area contributed by atoms with E-state index in [2.05, 4.69) is 5.32 Å². The van der Waals surface area contributed by atoms with Gasteiger partial charge in [0, 0.05) is 36.7 Å². The van der Waals surface area contributed by atoms with Crippen molar-refractivity contribution < 1.29 is 24.6 Å². The molecule has 6 atom stereocenters. The fourth-order valence-electron chi connectivity index (χ4n) is 4.15. The van der Waals surface area contributed by atoms with Crippen LogP contribution in [0, 0.1) is 11.8 Å². The summed E-state index contributed by atoms with van der Waals surface area (Å²) in [5.74, 6) is -2.14. The molecular weight excluding hydrogens is 358 g/mol. The number of hydrogen-bond donors (Lipinski definition) is 3. The van der Waals surface area contributed by atoms with Gasteiger partial charge in [0.15, 0.2) is 0 Å². The molecule has 0 saturated carbocycles. The first-order valence-corrected chi connectivity index (χ1v) is 9.62. The van der Waals surface area contributed by atoms with Gasteiger partial charge in [-0.1, -0.05) is 6.92 Å².